The van der Waals surface area contributed by atoms with Gasteiger partial charge >= 0.3 is 0 Å². The minimum Gasteiger partial charge on any atom is -0.295 e. The number of hydrogen-bond donors (Lipinski definition) is 0. The number of ketones is 1. The fraction of sp³-hybridized carbons (Fsp3) is 0.800. The number of fused-ring (bicyclic) bond motifs is 3. The first-order valence-corrected chi connectivity index (χ1v) is 6.67. The summed E-state index contributed by atoms with van der Waals surface area (Å²) in [5.74, 6) is 3.33. The van der Waals surface area contributed by atoms with Crippen molar-refractivity contribution >= 4 is 5.78 Å². The summed E-state index contributed by atoms with van der Waals surface area (Å²) in [5.41, 5.74) is 3.11. The molecule has 0 aromatic heterocycles. The summed E-state index contributed by atoms with van der Waals surface area (Å²) >= 11 is 0. The number of rotatable bonds is 0. The van der Waals surface area contributed by atoms with E-state index >= 15 is 0 Å². The molecule has 0 spiro atoms. The molecule has 0 heterocycles. The van der Waals surface area contributed by atoms with Gasteiger partial charge in [0.1, 0.15) is 0 Å². The second-order valence-corrected chi connectivity index (χ2v) is 6.84. The molecule has 0 amide bonds. The van der Waals surface area contributed by atoms with E-state index in [0.717, 1.165) is 23.8 Å². The van der Waals surface area contributed by atoms with E-state index in [2.05, 4.69) is 27.7 Å². The van der Waals surface area contributed by atoms with Gasteiger partial charge in [-0.2, -0.15) is 0 Å². The Bertz CT molecular complexity index is 388. The van der Waals surface area contributed by atoms with Crippen molar-refractivity contribution in [3.05, 3.63) is 11.1 Å². The minimum atomic E-state index is 0.424. The molecule has 0 unspecified atom stereocenters. The van der Waals surface area contributed by atoms with Crippen LogP contribution in [0.4, 0.5) is 0 Å². The van der Waals surface area contributed by atoms with Crippen molar-refractivity contribution in [2.24, 2.45) is 29.1 Å². The first-order valence-electron chi connectivity index (χ1n) is 6.67. The molecule has 3 aliphatic rings. The first kappa shape index (κ1) is 10.6. The highest BCUT2D eigenvalue weighted by atomic mass is 16.1. The van der Waals surface area contributed by atoms with Gasteiger partial charge in [-0.3, -0.25) is 4.79 Å². The smallest absolute Gasteiger partial charge is 0.159 e. The molecule has 1 nitrogen and oxygen atoms in total. The molecule has 0 bridgehead atoms. The maximum Gasteiger partial charge on any atom is 0.159 e. The van der Waals surface area contributed by atoms with Crippen molar-refractivity contribution in [2.75, 3.05) is 0 Å². The highest BCUT2D eigenvalue weighted by Gasteiger charge is 2.56. The molecular formula is C15H22O. The lowest BCUT2D eigenvalue weighted by Crippen LogP contribution is -2.21. The summed E-state index contributed by atoms with van der Waals surface area (Å²) in [6.07, 6.45) is 3.52. The Hall–Kier alpha value is -0.590. The molecule has 88 valence electrons. The zero-order valence-corrected chi connectivity index (χ0v) is 10.8. The average Bonchev–Trinajstić information content (AvgIpc) is 2.75. The van der Waals surface area contributed by atoms with Gasteiger partial charge in [-0.15, -0.1) is 0 Å². The molecule has 0 aromatic carbocycles. The first-order chi connectivity index (χ1) is 7.43. The molecule has 0 aromatic rings. The lowest BCUT2D eigenvalue weighted by Gasteiger charge is -2.28. The third-order valence-corrected chi connectivity index (χ3v) is 5.69. The molecule has 0 aliphatic heterocycles. The topological polar surface area (TPSA) is 17.1 Å². The van der Waals surface area contributed by atoms with Gasteiger partial charge in [-0.1, -0.05) is 26.3 Å². The van der Waals surface area contributed by atoms with E-state index in [1.165, 1.54) is 12.8 Å². The maximum absolute atomic E-state index is 11.9. The second-order valence-electron chi connectivity index (χ2n) is 6.84. The highest BCUT2D eigenvalue weighted by Crippen LogP contribution is 2.64. The van der Waals surface area contributed by atoms with Gasteiger partial charge in [0.2, 0.25) is 0 Å². The van der Waals surface area contributed by atoms with Crippen LogP contribution in [0, 0.1) is 29.1 Å². The molecule has 16 heavy (non-hydrogen) atoms. The molecule has 3 rings (SSSR count). The number of hydrogen-bond acceptors (Lipinski definition) is 1. The number of Topliss-reactive ketones (excluding diaryl/α,β-unsaturated/α-hetero) is 1. The van der Waals surface area contributed by atoms with Gasteiger partial charge in [0, 0.05) is 6.42 Å². The van der Waals surface area contributed by atoms with Crippen molar-refractivity contribution in [3.63, 3.8) is 0 Å². The molecule has 0 saturated heterocycles. The molecular weight excluding hydrogens is 196 g/mol. The van der Waals surface area contributed by atoms with Gasteiger partial charge in [-0.05, 0) is 54.4 Å². The van der Waals surface area contributed by atoms with Crippen LogP contribution in [0.3, 0.4) is 0 Å². The van der Waals surface area contributed by atoms with E-state index in [9.17, 15) is 4.79 Å². The van der Waals surface area contributed by atoms with Gasteiger partial charge < -0.3 is 0 Å². The van der Waals surface area contributed by atoms with Gasteiger partial charge in [0.15, 0.2) is 5.78 Å². The molecule has 3 aliphatic carbocycles. The van der Waals surface area contributed by atoms with Crippen LogP contribution in [0.25, 0.3) is 0 Å². The Labute approximate surface area is 98.3 Å². The van der Waals surface area contributed by atoms with Crippen LogP contribution < -0.4 is 0 Å². The summed E-state index contributed by atoms with van der Waals surface area (Å²) in [4.78, 5) is 11.9. The maximum atomic E-state index is 11.9. The average molecular weight is 218 g/mol. The van der Waals surface area contributed by atoms with E-state index in [0.29, 0.717) is 23.0 Å². The zero-order valence-electron chi connectivity index (χ0n) is 10.8. The minimum absolute atomic E-state index is 0.424. The third-order valence-electron chi connectivity index (χ3n) is 5.69. The SMILES string of the molecule is CC1=C2[C@@H](CC1=O)[C@@H](C)[C@@H]1CCC(C)(C)[C@@H]21. The van der Waals surface area contributed by atoms with E-state index < -0.39 is 0 Å². The van der Waals surface area contributed by atoms with Gasteiger partial charge in [-0.25, -0.2) is 0 Å². The fourth-order valence-electron chi connectivity index (χ4n) is 4.79. The Morgan fingerprint density at radius 3 is 2.69 bits per heavy atom. The molecule has 2 saturated carbocycles. The quantitative estimate of drug-likeness (QED) is 0.607. The number of carbonyl (C=O) groups is 1. The Kier molecular flexibility index (Phi) is 1.98. The Morgan fingerprint density at radius 2 is 2.00 bits per heavy atom. The largest absolute Gasteiger partial charge is 0.295 e. The second kappa shape index (κ2) is 3.00. The van der Waals surface area contributed by atoms with Crippen LogP contribution in [0.15, 0.2) is 11.1 Å². The van der Waals surface area contributed by atoms with Crippen LogP contribution in [-0.4, -0.2) is 5.78 Å². The summed E-state index contributed by atoms with van der Waals surface area (Å²) < 4.78 is 0. The van der Waals surface area contributed by atoms with Crippen LogP contribution in [-0.2, 0) is 4.79 Å². The summed E-state index contributed by atoms with van der Waals surface area (Å²) in [5, 5.41) is 0. The Morgan fingerprint density at radius 1 is 1.31 bits per heavy atom. The lowest BCUT2D eigenvalue weighted by atomic mass is 9.76. The fourth-order valence-corrected chi connectivity index (χ4v) is 4.79. The number of allylic oxidation sites excluding steroid dienone is 2. The van der Waals surface area contributed by atoms with Gasteiger partial charge in [0.25, 0.3) is 0 Å². The third kappa shape index (κ3) is 1.10. The molecule has 0 N–H and O–H groups in total. The highest BCUT2D eigenvalue weighted by molar-refractivity contribution is 5.99. The van der Waals surface area contributed by atoms with E-state index in [1.807, 2.05) is 0 Å². The zero-order chi connectivity index (χ0) is 11.7. The predicted octanol–water partition coefficient (Wildman–Crippen LogP) is 3.59. The molecule has 0 radical (unpaired) electrons. The van der Waals surface area contributed by atoms with E-state index in [-0.39, 0.29) is 0 Å². The van der Waals surface area contributed by atoms with Crippen LogP contribution in [0.5, 0.6) is 0 Å². The normalized spacial score (nSPS) is 45.1. The van der Waals surface area contributed by atoms with Crippen LogP contribution in [0.2, 0.25) is 0 Å². The number of carbonyl (C=O) groups excluding carboxylic acids is 1. The molecule has 4 atom stereocenters. The van der Waals surface area contributed by atoms with Crippen molar-refractivity contribution in [1.82, 2.24) is 0 Å². The summed E-state index contributed by atoms with van der Waals surface area (Å²) in [7, 11) is 0. The summed E-state index contributed by atoms with van der Waals surface area (Å²) in [6, 6.07) is 0. The van der Waals surface area contributed by atoms with Crippen LogP contribution in [0.1, 0.15) is 47.0 Å². The lowest BCUT2D eigenvalue weighted by molar-refractivity contribution is -0.115. The molecule has 2 fully saturated rings. The molecule has 1 heteroatoms. The van der Waals surface area contributed by atoms with Crippen molar-refractivity contribution in [1.29, 1.82) is 0 Å². The van der Waals surface area contributed by atoms with Gasteiger partial charge in [0.05, 0.1) is 0 Å². The van der Waals surface area contributed by atoms with Crippen LogP contribution >= 0.6 is 0 Å². The monoisotopic (exact) mass is 218 g/mol. The Balaban J connectivity index is 2.11. The van der Waals surface area contributed by atoms with E-state index in [1.54, 1.807) is 5.57 Å². The predicted molar refractivity (Wildman–Crippen MR) is 65.0 cm³/mol. The van der Waals surface area contributed by atoms with E-state index in [4.69, 9.17) is 0 Å². The van der Waals surface area contributed by atoms with Crippen molar-refractivity contribution in [2.45, 2.75) is 47.0 Å². The van der Waals surface area contributed by atoms with Crippen molar-refractivity contribution < 1.29 is 4.79 Å². The van der Waals surface area contributed by atoms with Crippen molar-refractivity contribution in [3.8, 4) is 0 Å². The summed E-state index contributed by atoms with van der Waals surface area (Å²) in [6.45, 7) is 9.25. The standard InChI is InChI=1S/C15H22O/c1-8-10-5-6-15(3,4)14(10)13-9(2)12(16)7-11(8)13/h8,10-11,14H,5-7H2,1-4H3/t8-,10-,11-,14+/m0/s1.